The average molecular weight is 617 g/mol. The van der Waals surface area contributed by atoms with E-state index in [1.807, 2.05) is 19.1 Å². The number of imide groups is 1. The van der Waals surface area contributed by atoms with Gasteiger partial charge in [-0.3, -0.25) is 19.3 Å². The van der Waals surface area contributed by atoms with Gasteiger partial charge in [-0.25, -0.2) is 0 Å². The molecule has 1 saturated heterocycles. The molecule has 31 heavy (non-hydrogen) atoms. The third-order valence-electron chi connectivity index (χ3n) is 4.14. The zero-order valence-corrected chi connectivity index (χ0v) is 21.2. The number of carbonyl (C=O) groups excluding carboxylic acids is 3. The Morgan fingerprint density at radius 3 is 2.61 bits per heavy atom. The summed E-state index contributed by atoms with van der Waals surface area (Å²) in [6, 6.07) is 10.7. The first-order chi connectivity index (χ1) is 14.8. The van der Waals surface area contributed by atoms with Gasteiger partial charge in [0.05, 0.1) is 23.1 Å². The molecular formula is C21H18BrIN2O5S. The van der Waals surface area contributed by atoms with E-state index >= 15 is 0 Å². The van der Waals surface area contributed by atoms with Crippen LogP contribution in [0.5, 0.6) is 11.5 Å². The quantitative estimate of drug-likeness (QED) is 0.343. The van der Waals surface area contributed by atoms with Crippen LogP contribution in [0.25, 0.3) is 6.08 Å². The van der Waals surface area contributed by atoms with Crippen molar-refractivity contribution < 1.29 is 23.9 Å². The van der Waals surface area contributed by atoms with Crippen molar-refractivity contribution in [3.05, 3.63) is 54.9 Å². The van der Waals surface area contributed by atoms with E-state index in [1.54, 1.807) is 30.3 Å². The number of hydrogen-bond donors (Lipinski definition) is 1. The molecule has 162 valence electrons. The number of rotatable bonds is 7. The molecule has 0 aliphatic carbocycles. The lowest BCUT2D eigenvalue weighted by atomic mass is 10.2. The van der Waals surface area contributed by atoms with Gasteiger partial charge in [-0.2, -0.15) is 0 Å². The topological polar surface area (TPSA) is 84.9 Å². The van der Waals surface area contributed by atoms with Gasteiger partial charge >= 0.3 is 0 Å². The second-order valence-electron chi connectivity index (χ2n) is 6.29. The van der Waals surface area contributed by atoms with Crippen molar-refractivity contribution in [1.82, 2.24) is 4.90 Å². The van der Waals surface area contributed by atoms with E-state index < -0.39 is 17.1 Å². The lowest BCUT2D eigenvalue weighted by Crippen LogP contribution is -2.36. The Morgan fingerprint density at radius 1 is 1.26 bits per heavy atom. The van der Waals surface area contributed by atoms with Crippen molar-refractivity contribution in [3.8, 4) is 11.5 Å². The Labute approximate surface area is 205 Å². The fraction of sp³-hybridized carbons (Fsp3) is 0.190. The summed E-state index contributed by atoms with van der Waals surface area (Å²) < 4.78 is 12.6. The molecule has 0 radical (unpaired) electrons. The van der Waals surface area contributed by atoms with Crippen LogP contribution < -0.4 is 14.8 Å². The van der Waals surface area contributed by atoms with Gasteiger partial charge in [-0.05, 0) is 105 Å². The van der Waals surface area contributed by atoms with Gasteiger partial charge in [-0.15, -0.1) is 0 Å². The first kappa shape index (κ1) is 23.6. The lowest BCUT2D eigenvalue weighted by Gasteiger charge is -2.13. The molecule has 0 bridgehead atoms. The van der Waals surface area contributed by atoms with Crippen LogP contribution in [0.4, 0.5) is 10.5 Å². The Bertz CT molecular complexity index is 1060. The van der Waals surface area contributed by atoms with E-state index in [-0.39, 0.29) is 11.4 Å². The van der Waals surface area contributed by atoms with E-state index in [1.165, 1.54) is 7.11 Å². The van der Waals surface area contributed by atoms with Gasteiger partial charge in [0, 0.05) is 9.26 Å². The summed E-state index contributed by atoms with van der Waals surface area (Å²) in [6.07, 6.45) is 1.59. The summed E-state index contributed by atoms with van der Waals surface area (Å²) in [6.45, 7) is 1.98. The molecule has 7 nitrogen and oxygen atoms in total. The number of hydrogen-bond acceptors (Lipinski definition) is 6. The predicted molar refractivity (Wildman–Crippen MR) is 132 cm³/mol. The molecule has 3 amide bonds. The third kappa shape index (κ3) is 5.80. The van der Waals surface area contributed by atoms with E-state index in [0.29, 0.717) is 33.8 Å². The minimum atomic E-state index is -0.517. The Balaban J connectivity index is 1.75. The van der Waals surface area contributed by atoms with E-state index in [4.69, 9.17) is 9.47 Å². The number of halogens is 2. The van der Waals surface area contributed by atoms with Crippen LogP contribution in [-0.4, -0.2) is 42.2 Å². The molecule has 10 heteroatoms. The van der Waals surface area contributed by atoms with Gasteiger partial charge in [0.15, 0.2) is 11.5 Å². The number of carbonyl (C=O) groups is 3. The van der Waals surface area contributed by atoms with Crippen molar-refractivity contribution in [1.29, 1.82) is 0 Å². The van der Waals surface area contributed by atoms with Gasteiger partial charge in [0.1, 0.15) is 6.54 Å². The van der Waals surface area contributed by atoms with Gasteiger partial charge < -0.3 is 14.8 Å². The number of methoxy groups -OCH3 is 1. The number of nitrogens with zero attached hydrogens (tertiary/aromatic N) is 1. The summed E-state index contributed by atoms with van der Waals surface area (Å²) >= 11 is 6.39. The largest absolute Gasteiger partial charge is 0.493 e. The third-order valence-corrected chi connectivity index (χ3v) is 6.36. The van der Waals surface area contributed by atoms with E-state index in [0.717, 1.165) is 20.2 Å². The normalized spacial score (nSPS) is 14.8. The van der Waals surface area contributed by atoms with Crippen LogP contribution in [0.15, 0.2) is 45.8 Å². The summed E-state index contributed by atoms with van der Waals surface area (Å²) in [5, 5.41) is 2.19. The zero-order valence-electron chi connectivity index (χ0n) is 16.6. The number of anilines is 1. The van der Waals surface area contributed by atoms with Crippen LogP contribution in [0.1, 0.15) is 12.5 Å². The number of ether oxygens (including phenoxy) is 2. The van der Waals surface area contributed by atoms with Crippen LogP contribution >= 0.6 is 50.3 Å². The van der Waals surface area contributed by atoms with Crippen LogP contribution in [0.2, 0.25) is 0 Å². The Kier molecular flexibility index (Phi) is 8.00. The summed E-state index contributed by atoms with van der Waals surface area (Å²) in [4.78, 5) is 38.5. The molecule has 3 rings (SSSR count). The summed E-state index contributed by atoms with van der Waals surface area (Å²) in [5.74, 6) is 0.0908. The molecule has 0 spiro atoms. The minimum absolute atomic E-state index is 0.227. The van der Waals surface area contributed by atoms with E-state index in [9.17, 15) is 14.4 Å². The molecule has 1 fully saturated rings. The molecule has 0 aromatic heterocycles. The first-order valence-electron chi connectivity index (χ1n) is 9.13. The maximum absolute atomic E-state index is 12.7. The number of thioether (sulfide) groups is 1. The summed E-state index contributed by atoms with van der Waals surface area (Å²) in [5.41, 5.74) is 1.25. The van der Waals surface area contributed by atoms with Crippen molar-refractivity contribution in [2.75, 3.05) is 25.6 Å². The maximum Gasteiger partial charge on any atom is 0.294 e. The van der Waals surface area contributed by atoms with Gasteiger partial charge in [0.25, 0.3) is 11.1 Å². The maximum atomic E-state index is 12.7. The van der Waals surface area contributed by atoms with Gasteiger partial charge in [0.2, 0.25) is 5.91 Å². The second-order valence-corrected chi connectivity index (χ2v) is 9.38. The van der Waals surface area contributed by atoms with Crippen molar-refractivity contribution in [2.45, 2.75) is 6.92 Å². The Hall–Kier alpha value is -2.05. The fourth-order valence-corrected chi connectivity index (χ4v) is 4.54. The highest BCUT2D eigenvalue weighted by Gasteiger charge is 2.36. The predicted octanol–water partition coefficient (Wildman–Crippen LogP) is 5.14. The minimum Gasteiger partial charge on any atom is -0.493 e. The highest BCUT2D eigenvalue weighted by Crippen LogP contribution is 2.39. The second kappa shape index (κ2) is 10.5. The number of benzene rings is 2. The highest BCUT2D eigenvalue weighted by atomic mass is 127. The Morgan fingerprint density at radius 2 is 1.97 bits per heavy atom. The van der Waals surface area contributed by atoms with Gasteiger partial charge in [-0.1, -0.05) is 0 Å². The standard InChI is InChI=1S/C21H18BrIN2O5S/c1-3-30-19-15(22)8-12(9-16(19)29-2)10-17-20(27)25(21(28)31-17)11-18(26)24-14-6-4-13(23)5-7-14/h4-10H,3,11H2,1-2H3,(H,24,26)/b17-10+. The lowest BCUT2D eigenvalue weighted by molar-refractivity contribution is -0.127. The molecular weight excluding hydrogens is 599 g/mol. The molecule has 0 atom stereocenters. The molecule has 1 N–H and O–H groups in total. The first-order valence-corrected chi connectivity index (χ1v) is 11.8. The van der Waals surface area contributed by atoms with Crippen molar-refractivity contribution in [2.24, 2.45) is 0 Å². The molecule has 0 saturated carbocycles. The molecule has 1 aliphatic rings. The SMILES string of the molecule is CCOc1c(Br)cc(/C=C2/SC(=O)N(CC(=O)Nc3ccc(I)cc3)C2=O)cc1OC. The molecule has 1 aliphatic heterocycles. The fourth-order valence-electron chi connectivity index (χ4n) is 2.77. The molecule has 0 unspecified atom stereocenters. The van der Waals surface area contributed by atoms with Crippen LogP contribution in [0.3, 0.4) is 0 Å². The monoisotopic (exact) mass is 616 g/mol. The molecule has 2 aromatic rings. The zero-order chi connectivity index (χ0) is 22.5. The summed E-state index contributed by atoms with van der Waals surface area (Å²) in [7, 11) is 1.52. The number of nitrogens with one attached hydrogen (secondary N) is 1. The average Bonchev–Trinajstić information content (AvgIpc) is 2.98. The highest BCUT2D eigenvalue weighted by molar-refractivity contribution is 14.1. The molecule has 1 heterocycles. The van der Waals surface area contributed by atoms with Crippen LogP contribution in [-0.2, 0) is 9.59 Å². The molecule has 2 aromatic carbocycles. The van der Waals surface area contributed by atoms with Crippen LogP contribution in [0, 0.1) is 3.57 Å². The smallest absolute Gasteiger partial charge is 0.294 e. The van der Waals surface area contributed by atoms with Crippen molar-refractivity contribution >= 4 is 79.1 Å². The number of amides is 3. The van der Waals surface area contributed by atoms with E-state index in [2.05, 4.69) is 43.8 Å². The van der Waals surface area contributed by atoms with Crippen molar-refractivity contribution in [3.63, 3.8) is 0 Å².